The second-order valence-electron chi connectivity index (χ2n) is 5.10. The SMILES string of the molecule is Cc1ccc(SCC(=O)Nc2ccnn2Cc2cccs2)cc1. The van der Waals surface area contributed by atoms with E-state index in [1.807, 2.05) is 29.6 Å². The molecule has 2 aromatic heterocycles. The Bertz CT molecular complexity index is 764. The summed E-state index contributed by atoms with van der Waals surface area (Å²) in [4.78, 5) is 14.4. The lowest BCUT2D eigenvalue weighted by molar-refractivity contribution is -0.113. The summed E-state index contributed by atoms with van der Waals surface area (Å²) < 4.78 is 1.81. The molecule has 6 heteroatoms. The Morgan fingerprint density at radius 1 is 1.26 bits per heavy atom. The minimum Gasteiger partial charge on any atom is -0.310 e. The quantitative estimate of drug-likeness (QED) is 0.687. The van der Waals surface area contributed by atoms with E-state index < -0.39 is 0 Å². The number of nitrogens with one attached hydrogen (secondary N) is 1. The van der Waals surface area contributed by atoms with E-state index in [-0.39, 0.29) is 5.91 Å². The van der Waals surface area contributed by atoms with Crippen molar-refractivity contribution in [3.8, 4) is 0 Å². The summed E-state index contributed by atoms with van der Waals surface area (Å²) in [5, 5.41) is 9.24. The highest BCUT2D eigenvalue weighted by atomic mass is 32.2. The molecule has 4 nitrogen and oxygen atoms in total. The topological polar surface area (TPSA) is 46.9 Å². The van der Waals surface area contributed by atoms with Crippen LogP contribution in [0.25, 0.3) is 0 Å². The average Bonchev–Trinajstić information content (AvgIpc) is 3.20. The molecule has 0 radical (unpaired) electrons. The summed E-state index contributed by atoms with van der Waals surface area (Å²) in [5.41, 5.74) is 1.22. The van der Waals surface area contributed by atoms with Gasteiger partial charge in [0, 0.05) is 15.8 Å². The van der Waals surface area contributed by atoms with Crippen molar-refractivity contribution in [1.29, 1.82) is 0 Å². The van der Waals surface area contributed by atoms with Gasteiger partial charge < -0.3 is 5.32 Å². The van der Waals surface area contributed by atoms with E-state index in [1.165, 1.54) is 22.2 Å². The molecule has 0 aliphatic rings. The molecule has 3 aromatic rings. The van der Waals surface area contributed by atoms with Crippen molar-refractivity contribution in [2.45, 2.75) is 18.4 Å². The zero-order valence-corrected chi connectivity index (χ0v) is 14.4. The summed E-state index contributed by atoms with van der Waals surface area (Å²) in [6.45, 7) is 2.72. The Morgan fingerprint density at radius 3 is 2.83 bits per heavy atom. The third-order valence-electron chi connectivity index (χ3n) is 3.26. The molecule has 0 saturated heterocycles. The van der Waals surface area contributed by atoms with Crippen molar-refractivity contribution >= 4 is 34.8 Å². The van der Waals surface area contributed by atoms with Crippen LogP contribution in [-0.2, 0) is 11.3 Å². The van der Waals surface area contributed by atoms with Crippen LogP contribution in [0.4, 0.5) is 5.82 Å². The molecule has 23 heavy (non-hydrogen) atoms. The van der Waals surface area contributed by atoms with Crippen LogP contribution in [0.3, 0.4) is 0 Å². The van der Waals surface area contributed by atoms with Crippen LogP contribution in [0.1, 0.15) is 10.4 Å². The third-order valence-corrected chi connectivity index (χ3v) is 5.13. The molecular weight excluding hydrogens is 326 g/mol. The van der Waals surface area contributed by atoms with Crippen LogP contribution < -0.4 is 5.32 Å². The Morgan fingerprint density at radius 2 is 2.09 bits per heavy atom. The first-order chi connectivity index (χ1) is 11.2. The molecule has 0 aliphatic heterocycles. The molecule has 0 fully saturated rings. The van der Waals surface area contributed by atoms with Crippen molar-refractivity contribution in [1.82, 2.24) is 9.78 Å². The number of benzene rings is 1. The molecule has 0 bridgehead atoms. The first-order valence-corrected chi connectivity index (χ1v) is 9.11. The number of carbonyl (C=O) groups is 1. The monoisotopic (exact) mass is 343 g/mol. The predicted molar refractivity (Wildman–Crippen MR) is 96.2 cm³/mol. The van der Waals surface area contributed by atoms with E-state index in [2.05, 4.69) is 35.5 Å². The molecule has 0 atom stereocenters. The molecule has 0 unspecified atom stereocenters. The molecule has 0 spiro atoms. The van der Waals surface area contributed by atoms with Gasteiger partial charge in [0.2, 0.25) is 5.91 Å². The van der Waals surface area contributed by atoms with Gasteiger partial charge in [-0.15, -0.1) is 23.1 Å². The number of aryl methyl sites for hydroxylation is 1. The van der Waals surface area contributed by atoms with Crippen LogP contribution in [0.5, 0.6) is 0 Å². The van der Waals surface area contributed by atoms with Gasteiger partial charge in [-0.3, -0.25) is 4.79 Å². The second-order valence-corrected chi connectivity index (χ2v) is 7.18. The van der Waals surface area contributed by atoms with E-state index in [9.17, 15) is 4.79 Å². The maximum atomic E-state index is 12.1. The zero-order chi connectivity index (χ0) is 16.1. The molecule has 0 aliphatic carbocycles. The highest BCUT2D eigenvalue weighted by Gasteiger charge is 2.09. The van der Waals surface area contributed by atoms with Gasteiger partial charge in [0.15, 0.2) is 0 Å². The summed E-state index contributed by atoms with van der Waals surface area (Å²) in [6, 6.07) is 14.1. The molecule has 2 heterocycles. The number of amides is 1. The third kappa shape index (κ3) is 4.46. The standard InChI is InChI=1S/C17H17N3OS2/c1-13-4-6-14(7-5-13)23-12-17(21)19-16-8-9-18-20(16)11-15-3-2-10-22-15/h2-10H,11-12H2,1H3,(H,19,21). The fraction of sp³-hybridized carbons (Fsp3) is 0.176. The summed E-state index contributed by atoms with van der Waals surface area (Å²) in [5.74, 6) is 1.09. The zero-order valence-electron chi connectivity index (χ0n) is 12.7. The van der Waals surface area contributed by atoms with Crippen molar-refractivity contribution in [3.05, 3.63) is 64.5 Å². The van der Waals surface area contributed by atoms with Crippen molar-refractivity contribution < 1.29 is 4.79 Å². The smallest absolute Gasteiger partial charge is 0.235 e. The Balaban J connectivity index is 1.56. The van der Waals surface area contributed by atoms with Gasteiger partial charge >= 0.3 is 0 Å². The van der Waals surface area contributed by atoms with Crippen molar-refractivity contribution in [2.75, 3.05) is 11.1 Å². The fourth-order valence-electron chi connectivity index (χ4n) is 2.08. The van der Waals surface area contributed by atoms with E-state index in [0.29, 0.717) is 12.3 Å². The number of rotatable bonds is 6. The molecule has 1 aromatic carbocycles. The number of anilines is 1. The molecule has 1 N–H and O–H groups in total. The number of thioether (sulfide) groups is 1. The second kappa shape index (κ2) is 7.48. The van der Waals surface area contributed by atoms with E-state index >= 15 is 0 Å². The summed E-state index contributed by atoms with van der Waals surface area (Å²) >= 11 is 3.21. The number of hydrogen-bond donors (Lipinski definition) is 1. The molecule has 0 saturated carbocycles. The number of carbonyl (C=O) groups excluding carboxylic acids is 1. The van der Waals surface area contributed by atoms with Crippen molar-refractivity contribution in [2.24, 2.45) is 0 Å². The molecular formula is C17H17N3OS2. The summed E-state index contributed by atoms with van der Waals surface area (Å²) in [6.07, 6.45) is 1.70. The predicted octanol–water partition coefficient (Wildman–Crippen LogP) is 4.03. The lowest BCUT2D eigenvalue weighted by Gasteiger charge is -2.08. The van der Waals surface area contributed by atoms with Crippen LogP contribution in [0, 0.1) is 6.92 Å². The average molecular weight is 343 g/mol. The van der Waals surface area contributed by atoms with E-state index in [1.54, 1.807) is 22.2 Å². The highest BCUT2D eigenvalue weighted by molar-refractivity contribution is 8.00. The Kier molecular flexibility index (Phi) is 5.15. The molecule has 3 rings (SSSR count). The van der Waals surface area contributed by atoms with Crippen molar-refractivity contribution in [3.63, 3.8) is 0 Å². The van der Waals surface area contributed by atoms with E-state index in [0.717, 1.165) is 10.7 Å². The normalized spacial score (nSPS) is 10.7. The number of hydrogen-bond acceptors (Lipinski definition) is 4. The fourth-order valence-corrected chi connectivity index (χ4v) is 3.46. The van der Waals surface area contributed by atoms with Gasteiger partial charge in [-0.2, -0.15) is 5.10 Å². The molecule has 118 valence electrons. The van der Waals surface area contributed by atoms with Crippen LogP contribution in [0.15, 0.2) is 58.9 Å². The highest BCUT2D eigenvalue weighted by Crippen LogP contribution is 2.19. The maximum Gasteiger partial charge on any atom is 0.235 e. The Hall–Kier alpha value is -2.05. The first-order valence-electron chi connectivity index (χ1n) is 7.24. The number of nitrogens with zero attached hydrogens (tertiary/aromatic N) is 2. The van der Waals surface area contributed by atoms with Gasteiger partial charge in [-0.25, -0.2) is 4.68 Å². The van der Waals surface area contributed by atoms with Gasteiger partial charge in [0.05, 0.1) is 18.5 Å². The van der Waals surface area contributed by atoms with Gasteiger partial charge in [0.25, 0.3) is 0 Å². The lowest BCUT2D eigenvalue weighted by Crippen LogP contribution is -2.17. The lowest BCUT2D eigenvalue weighted by atomic mass is 10.2. The van der Waals surface area contributed by atoms with Gasteiger partial charge in [-0.1, -0.05) is 23.8 Å². The minimum atomic E-state index is -0.0245. The number of aromatic nitrogens is 2. The maximum absolute atomic E-state index is 12.1. The van der Waals surface area contributed by atoms with Gasteiger partial charge in [0.1, 0.15) is 5.82 Å². The van der Waals surface area contributed by atoms with Crippen LogP contribution in [0.2, 0.25) is 0 Å². The minimum absolute atomic E-state index is 0.0245. The van der Waals surface area contributed by atoms with Crippen LogP contribution >= 0.6 is 23.1 Å². The van der Waals surface area contributed by atoms with Gasteiger partial charge in [-0.05, 0) is 30.5 Å². The van der Waals surface area contributed by atoms with E-state index in [4.69, 9.17) is 0 Å². The first kappa shape index (κ1) is 15.8. The summed E-state index contributed by atoms with van der Waals surface area (Å²) in [7, 11) is 0. The molecule has 1 amide bonds. The van der Waals surface area contributed by atoms with Crippen LogP contribution in [-0.4, -0.2) is 21.4 Å². The Labute approximate surface area is 143 Å². The largest absolute Gasteiger partial charge is 0.310 e. The number of thiophene rings is 1.